The molecule has 1 aromatic carbocycles. The van der Waals surface area contributed by atoms with Gasteiger partial charge in [-0.15, -0.1) is 0 Å². The van der Waals surface area contributed by atoms with Crippen LogP contribution in [0.1, 0.15) is 37.7 Å². The molecule has 0 atom stereocenters. The molecule has 2 rings (SSSR count). The lowest BCUT2D eigenvalue weighted by Crippen LogP contribution is -2.33. The summed E-state index contributed by atoms with van der Waals surface area (Å²) in [5, 5.41) is 0. The minimum atomic E-state index is 0.854. The lowest BCUT2D eigenvalue weighted by Gasteiger charge is -2.32. The van der Waals surface area contributed by atoms with Gasteiger partial charge in [-0.3, -0.25) is 4.90 Å². The molecule has 1 aromatic rings. The minimum Gasteiger partial charge on any atom is -0.330 e. The Morgan fingerprint density at radius 2 is 1.78 bits per heavy atom. The molecule has 0 amide bonds. The fourth-order valence-corrected chi connectivity index (χ4v) is 2.85. The summed E-state index contributed by atoms with van der Waals surface area (Å²) in [5.41, 5.74) is 6.99. The van der Waals surface area contributed by atoms with Crippen molar-refractivity contribution in [3.63, 3.8) is 0 Å². The van der Waals surface area contributed by atoms with Crippen molar-refractivity contribution in [2.45, 2.75) is 38.6 Å². The molecule has 1 fully saturated rings. The van der Waals surface area contributed by atoms with Gasteiger partial charge in [0, 0.05) is 6.54 Å². The fourth-order valence-electron chi connectivity index (χ4n) is 2.85. The van der Waals surface area contributed by atoms with Crippen LogP contribution in [-0.4, -0.2) is 24.5 Å². The van der Waals surface area contributed by atoms with Gasteiger partial charge in [-0.1, -0.05) is 43.2 Å². The van der Waals surface area contributed by atoms with Crippen molar-refractivity contribution >= 4 is 0 Å². The van der Waals surface area contributed by atoms with Gasteiger partial charge in [-0.2, -0.15) is 0 Å². The van der Waals surface area contributed by atoms with Crippen LogP contribution in [-0.2, 0) is 6.54 Å². The first kappa shape index (κ1) is 13.6. The number of piperidine rings is 1. The van der Waals surface area contributed by atoms with Gasteiger partial charge in [0.25, 0.3) is 0 Å². The summed E-state index contributed by atoms with van der Waals surface area (Å²) in [5.74, 6) is 0.948. The Morgan fingerprint density at radius 1 is 1.06 bits per heavy atom. The van der Waals surface area contributed by atoms with E-state index in [1.807, 2.05) is 0 Å². The lowest BCUT2D eigenvalue weighted by molar-refractivity contribution is 0.170. The molecule has 2 N–H and O–H groups in total. The van der Waals surface area contributed by atoms with E-state index in [-0.39, 0.29) is 0 Å². The maximum absolute atomic E-state index is 5.54. The Balaban J connectivity index is 1.67. The van der Waals surface area contributed by atoms with E-state index in [9.17, 15) is 0 Å². The second-order valence-electron chi connectivity index (χ2n) is 5.49. The molecule has 2 nitrogen and oxygen atoms in total. The summed E-state index contributed by atoms with van der Waals surface area (Å²) in [6.45, 7) is 4.51. The zero-order valence-electron chi connectivity index (χ0n) is 11.4. The van der Waals surface area contributed by atoms with Crippen LogP contribution >= 0.6 is 0 Å². The second kappa shape index (κ2) is 7.55. The van der Waals surface area contributed by atoms with Crippen molar-refractivity contribution in [1.82, 2.24) is 4.90 Å². The third-order valence-electron chi connectivity index (χ3n) is 4.02. The highest BCUT2D eigenvalue weighted by atomic mass is 15.1. The van der Waals surface area contributed by atoms with Crippen molar-refractivity contribution in [2.24, 2.45) is 11.7 Å². The molecule has 0 aromatic heterocycles. The van der Waals surface area contributed by atoms with Crippen LogP contribution in [0.2, 0.25) is 0 Å². The normalized spacial score (nSPS) is 18.1. The fraction of sp³-hybridized carbons (Fsp3) is 0.625. The van der Waals surface area contributed by atoms with Gasteiger partial charge in [0.05, 0.1) is 0 Å². The molecule has 0 spiro atoms. The van der Waals surface area contributed by atoms with Gasteiger partial charge >= 0.3 is 0 Å². The standard InChI is InChI=1S/C16H26N2/c17-11-5-4-6-15-9-12-18(13-10-15)14-16-7-2-1-3-8-16/h1-3,7-8,15H,4-6,9-14,17H2. The van der Waals surface area contributed by atoms with E-state index in [4.69, 9.17) is 5.73 Å². The molecule has 1 aliphatic heterocycles. The van der Waals surface area contributed by atoms with E-state index in [1.54, 1.807) is 0 Å². The number of nitrogens with zero attached hydrogens (tertiary/aromatic N) is 1. The molecule has 0 bridgehead atoms. The predicted octanol–water partition coefficient (Wildman–Crippen LogP) is 3.03. The van der Waals surface area contributed by atoms with Crippen molar-refractivity contribution in [1.29, 1.82) is 0 Å². The number of benzene rings is 1. The highest BCUT2D eigenvalue weighted by molar-refractivity contribution is 5.14. The molecule has 1 saturated heterocycles. The molecule has 100 valence electrons. The van der Waals surface area contributed by atoms with Gasteiger partial charge in [-0.25, -0.2) is 0 Å². The van der Waals surface area contributed by atoms with E-state index in [0.29, 0.717) is 0 Å². The third kappa shape index (κ3) is 4.43. The van der Waals surface area contributed by atoms with E-state index >= 15 is 0 Å². The van der Waals surface area contributed by atoms with E-state index < -0.39 is 0 Å². The Hall–Kier alpha value is -0.860. The number of rotatable bonds is 6. The maximum Gasteiger partial charge on any atom is 0.0233 e. The maximum atomic E-state index is 5.54. The molecule has 0 unspecified atom stereocenters. The van der Waals surface area contributed by atoms with Crippen molar-refractivity contribution in [2.75, 3.05) is 19.6 Å². The third-order valence-corrected chi connectivity index (χ3v) is 4.02. The molecule has 2 heteroatoms. The highest BCUT2D eigenvalue weighted by Crippen LogP contribution is 2.23. The summed E-state index contributed by atoms with van der Waals surface area (Å²) in [4.78, 5) is 2.59. The monoisotopic (exact) mass is 246 g/mol. The zero-order valence-corrected chi connectivity index (χ0v) is 11.4. The van der Waals surface area contributed by atoms with Crippen LogP contribution in [0.25, 0.3) is 0 Å². The van der Waals surface area contributed by atoms with E-state index in [1.165, 1.54) is 50.8 Å². The van der Waals surface area contributed by atoms with E-state index in [0.717, 1.165) is 19.0 Å². The smallest absolute Gasteiger partial charge is 0.0233 e. The van der Waals surface area contributed by atoms with Crippen molar-refractivity contribution < 1.29 is 0 Å². The largest absolute Gasteiger partial charge is 0.330 e. The zero-order chi connectivity index (χ0) is 12.6. The Labute approximate surface area is 111 Å². The summed E-state index contributed by atoms with van der Waals surface area (Å²) in [6, 6.07) is 10.8. The molecular weight excluding hydrogens is 220 g/mol. The Kier molecular flexibility index (Phi) is 5.69. The first-order valence-corrected chi connectivity index (χ1v) is 7.35. The first-order chi connectivity index (χ1) is 8.88. The number of hydrogen-bond donors (Lipinski definition) is 1. The van der Waals surface area contributed by atoms with Crippen molar-refractivity contribution in [3.05, 3.63) is 35.9 Å². The first-order valence-electron chi connectivity index (χ1n) is 7.35. The molecule has 18 heavy (non-hydrogen) atoms. The molecule has 0 aliphatic carbocycles. The minimum absolute atomic E-state index is 0.854. The number of unbranched alkanes of at least 4 members (excludes halogenated alkanes) is 1. The summed E-state index contributed by atoms with van der Waals surface area (Å²) >= 11 is 0. The quantitative estimate of drug-likeness (QED) is 0.782. The second-order valence-corrected chi connectivity index (χ2v) is 5.49. The topological polar surface area (TPSA) is 29.3 Å². The molecular formula is C16H26N2. The van der Waals surface area contributed by atoms with Crippen LogP contribution in [0.3, 0.4) is 0 Å². The van der Waals surface area contributed by atoms with Gasteiger partial charge in [0.15, 0.2) is 0 Å². The predicted molar refractivity (Wildman–Crippen MR) is 77.3 cm³/mol. The summed E-state index contributed by atoms with van der Waals surface area (Å²) < 4.78 is 0. The molecule has 0 saturated carbocycles. The number of hydrogen-bond acceptors (Lipinski definition) is 2. The average molecular weight is 246 g/mol. The van der Waals surface area contributed by atoms with Crippen LogP contribution in [0.15, 0.2) is 30.3 Å². The van der Waals surface area contributed by atoms with Crippen LogP contribution in [0, 0.1) is 5.92 Å². The molecule has 1 heterocycles. The molecule has 1 aliphatic rings. The van der Waals surface area contributed by atoms with Gasteiger partial charge < -0.3 is 5.73 Å². The van der Waals surface area contributed by atoms with Crippen LogP contribution < -0.4 is 5.73 Å². The van der Waals surface area contributed by atoms with Crippen LogP contribution in [0.4, 0.5) is 0 Å². The average Bonchev–Trinajstić information content (AvgIpc) is 2.42. The number of nitrogens with two attached hydrogens (primary N) is 1. The van der Waals surface area contributed by atoms with E-state index in [2.05, 4.69) is 35.2 Å². The Morgan fingerprint density at radius 3 is 2.44 bits per heavy atom. The Bertz CT molecular complexity index is 315. The van der Waals surface area contributed by atoms with Gasteiger partial charge in [0.1, 0.15) is 0 Å². The van der Waals surface area contributed by atoms with Gasteiger partial charge in [0.2, 0.25) is 0 Å². The number of likely N-dealkylation sites (tertiary alicyclic amines) is 1. The summed E-state index contributed by atoms with van der Waals surface area (Å²) in [6.07, 6.45) is 6.65. The SMILES string of the molecule is NCCCCC1CCN(Cc2ccccc2)CC1. The van der Waals surface area contributed by atoms with Gasteiger partial charge in [-0.05, 0) is 50.4 Å². The highest BCUT2D eigenvalue weighted by Gasteiger charge is 2.18. The lowest BCUT2D eigenvalue weighted by atomic mass is 9.91. The van der Waals surface area contributed by atoms with Crippen molar-refractivity contribution in [3.8, 4) is 0 Å². The van der Waals surface area contributed by atoms with Crippen LogP contribution in [0.5, 0.6) is 0 Å². The summed E-state index contributed by atoms with van der Waals surface area (Å²) in [7, 11) is 0. The molecule has 0 radical (unpaired) electrons.